The summed E-state index contributed by atoms with van der Waals surface area (Å²) in [6.07, 6.45) is -1.83. The molecule has 0 spiro atoms. The van der Waals surface area contributed by atoms with Gasteiger partial charge in [0.05, 0.1) is 0 Å². The predicted octanol–water partition coefficient (Wildman–Crippen LogP) is 1.78. The molecule has 0 aliphatic heterocycles. The highest BCUT2D eigenvalue weighted by Crippen LogP contribution is 2.25. The maximum absolute atomic E-state index is 12.7. The molecule has 0 aliphatic rings. The lowest BCUT2D eigenvalue weighted by Gasteiger charge is -2.02. The zero-order valence-electron chi connectivity index (χ0n) is 6.91. The molecule has 0 heterocycles. The molecule has 0 aromatic heterocycles. The first-order valence-corrected chi connectivity index (χ1v) is 2.95. The Bertz CT molecular complexity index is 368. The molecule has 0 atom stereocenters. The first-order valence-electron chi connectivity index (χ1n) is 3.45. The van der Waals surface area contributed by atoms with E-state index in [0.717, 1.165) is 0 Å². The van der Waals surface area contributed by atoms with Crippen molar-refractivity contribution in [3.63, 3.8) is 0 Å². The van der Waals surface area contributed by atoms with Crippen molar-refractivity contribution in [2.24, 2.45) is 0 Å². The van der Waals surface area contributed by atoms with E-state index < -0.39 is 35.5 Å². The molecule has 0 aliphatic carbocycles. The SMILES string of the molecule is [2H]C(=O)Oc1c(F)c(F)cc(F)c1F. The summed E-state index contributed by atoms with van der Waals surface area (Å²) in [5, 5.41) is 0. The number of halogens is 4. The fourth-order valence-corrected chi connectivity index (χ4v) is 0.683. The van der Waals surface area contributed by atoms with Gasteiger partial charge in [-0.1, -0.05) is 0 Å². The summed E-state index contributed by atoms with van der Waals surface area (Å²) in [5.74, 6) is -8.68. The minimum absolute atomic E-state index is 0.0358. The molecular weight excluding hydrogens is 192 g/mol. The molecule has 1 rings (SSSR count). The van der Waals surface area contributed by atoms with Crippen LogP contribution in [0.25, 0.3) is 0 Å². The molecule has 0 unspecified atom stereocenters. The fraction of sp³-hybridized carbons (Fsp3) is 0. The number of carbonyl (C=O) groups is 1. The van der Waals surface area contributed by atoms with Gasteiger partial charge in [0, 0.05) is 6.07 Å². The Morgan fingerprint density at radius 3 is 2.08 bits per heavy atom. The van der Waals surface area contributed by atoms with Gasteiger partial charge in [-0.05, 0) is 0 Å². The van der Waals surface area contributed by atoms with Gasteiger partial charge >= 0.3 is 0 Å². The van der Waals surface area contributed by atoms with Gasteiger partial charge in [0.1, 0.15) is 0 Å². The largest absolute Gasteiger partial charge is 0.422 e. The number of benzene rings is 1. The third-order valence-corrected chi connectivity index (χ3v) is 1.22. The monoisotopic (exact) mass is 195 g/mol. The molecular formula is C7H2F4O2. The number of carbonyl (C=O) groups excluding carboxylic acids is 1. The molecule has 70 valence electrons. The maximum atomic E-state index is 12.7. The molecule has 0 amide bonds. The minimum atomic E-state index is -1.86. The molecule has 0 radical (unpaired) electrons. The van der Waals surface area contributed by atoms with Crippen molar-refractivity contribution in [3.05, 3.63) is 29.3 Å². The summed E-state index contributed by atoms with van der Waals surface area (Å²) >= 11 is 0. The number of hydrogen-bond donors (Lipinski definition) is 0. The molecule has 0 saturated carbocycles. The van der Waals surface area contributed by atoms with Crippen molar-refractivity contribution < 1.29 is 28.5 Å². The smallest absolute Gasteiger partial charge is 0.298 e. The highest BCUT2D eigenvalue weighted by molar-refractivity contribution is 5.46. The van der Waals surface area contributed by atoms with Crippen molar-refractivity contribution >= 4 is 6.45 Å². The molecule has 0 saturated heterocycles. The molecule has 0 N–H and O–H groups in total. The first-order chi connectivity index (χ1) is 6.43. The van der Waals surface area contributed by atoms with Crippen LogP contribution in [0.5, 0.6) is 5.75 Å². The van der Waals surface area contributed by atoms with E-state index in [1.165, 1.54) is 0 Å². The molecule has 1 aromatic rings. The Morgan fingerprint density at radius 2 is 1.69 bits per heavy atom. The van der Waals surface area contributed by atoms with Crippen LogP contribution in [0, 0.1) is 23.3 Å². The number of hydrogen-bond acceptors (Lipinski definition) is 2. The van der Waals surface area contributed by atoms with E-state index in [9.17, 15) is 22.4 Å². The fourth-order valence-electron chi connectivity index (χ4n) is 0.683. The molecule has 6 heteroatoms. The Labute approximate surface area is 71.1 Å². The van der Waals surface area contributed by atoms with E-state index in [1.54, 1.807) is 0 Å². The van der Waals surface area contributed by atoms with Crippen molar-refractivity contribution in [1.82, 2.24) is 0 Å². The van der Waals surface area contributed by atoms with Crippen LogP contribution in [0.15, 0.2) is 6.07 Å². The van der Waals surface area contributed by atoms with E-state index in [-0.39, 0.29) is 6.07 Å². The molecule has 2 nitrogen and oxygen atoms in total. The lowest BCUT2D eigenvalue weighted by atomic mass is 10.3. The second-order valence-electron chi connectivity index (χ2n) is 1.98. The average Bonchev–Trinajstić information content (AvgIpc) is 2.09. The number of ether oxygens (including phenoxy) is 1. The topological polar surface area (TPSA) is 26.3 Å². The minimum Gasteiger partial charge on any atom is -0.422 e. The zero-order chi connectivity index (χ0) is 10.9. The van der Waals surface area contributed by atoms with Crippen molar-refractivity contribution in [2.75, 3.05) is 0 Å². The highest BCUT2D eigenvalue weighted by atomic mass is 19.2. The van der Waals surface area contributed by atoms with Crippen LogP contribution >= 0.6 is 0 Å². The molecule has 13 heavy (non-hydrogen) atoms. The summed E-state index contributed by atoms with van der Waals surface area (Å²) in [6, 6.07) is -0.0358. The average molecular weight is 195 g/mol. The van der Waals surface area contributed by atoms with Gasteiger partial charge in [-0.3, -0.25) is 4.79 Å². The predicted molar refractivity (Wildman–Crippen MR) is 33.0 cm³/mol. The third kappa shape index (κ3) is 1.61. The van der Waals surface area contributed by atoms with Gasteiger partial charge in [0.15, 0.2) is 13.0 Å². The normalized spacial score (nSPS) is 10.9. The molecule has 1 aromatic carbocycles. The van der Waals surface area contributed by atoms with E-state index >= 15 is 0 Å². The highest BCUT2D eigenvalue weighted by Gasteiger charge is 2.20. The Balaban J connectivity index is 3.31. The summed E-state index contributed by atoms with van der Waals surface area (Å²) in [7, 11) is 0. The zero-order valence-corrected chi connectivity index (χ0v) is 5.91. The first kappa shape index (κ1) is 8.03. The Hall–Kier alpha value is -1.59. The maximum Gasteiger partial charge on any atom is 0.298 e. The van der Waals surface area contributed by atoms with Crippen molar-refractivity contribution in [2.45, 2.75) is 0 Å². The molecule has 0 bridgehead atoms. The standard InChI is InChI=1S/C7H2F4O2/c8-3-1-4(9)6(11)7(5(3)10)13-2-12/h1-2H/i2D. The van der Waals surface area contributed by atoms with Crippen molar-refractivity contribution in [1.29, 1.82) is 0 Å². The van der Waals surface area contributed by atoms with E-state index in [2.05, 4.69) is 4.74 Å². The third-order valence-electron chi connectivity index (χ3n) is 1.22. The van der Waals surface area contributed by atoms with Crippen LogP contribution in [0.1, 0.15) is 1.37 Å². The summed E-state index contributed by atoms with van der Waals surface area (Å²) in [4.78, 5) is 10.0. The lowest BCUT2D eigenvalue weighted by molar-refractivity contribution is -0.121. The van der Waals surface area contributed by atoms with Gasteiger partial charge in [-0.15, -0.1) is 0 Å². The van der Waals surface area contributed by atoms with Crippen LogP contribution in [0.3, 0.4) is 0 Å². The Morgan fingerprint density at radius 1 is 1.23 bits per heavy atom. The van der Waals surface area contributed by atoms with Crippen LogP contribution in [-0.2, 0) is 4.79 Å². The van der Waals surface area contributed by atoms with Crippen molar-refractivity contribution in [3.8, 4) is 5.75 Å². The van der Waals surface area contributed by atoms with E-state index in [4.69, 9.17) is 1.37 Å². The van der Waals surface area contributed by atoms with E-state index in [0.29, 0.717) is 0 Å². The van der Waals surface area contributed by atoms with Gasteiger partial charge in [0.25, 0.3) is 6.45 Å². The van der Waals surface area contributed by atoms with Crippen LogP contribution in [-0.4, -0.2) is 6.45 Å². The van der Waals surface area contributed by atoms with Crippen LogP contribution in [0.2, 0.25) is 0 Å². The quantitative estimate of drug-likeness (QED) is 0.388. The second-order valence-corrected chi connectivity index (χ2v) is 1.98. The number of rotatable bonds is 1. The van der Waals surface area contributed by atoms with Crippen LogP contribution < -0.4 is 4.74 Å². The van der Waals surface area contributed by atoms with Crippen LogP contribution in [0.4, 0.5) is 17.6 Å². The van der Waals surface area contributed by atoms with Gasteiger partial charge in [-0.2, -0.15) is 8.78 Å². The lowest BCUT2D eigenvalue weighted by Crippen LogP contribution is -2.01. The van der Waals surface area contributed by atoms with Gasteiger partial charge in [0.2, 0.25) is 17.4 Å². The van der Waals surface area contributed by atoms with E-state index in [1.807, 2.05) is 0 Å². The van der Waals surface area contributed by atoms with Gasteiger partial charge in [-0.25, -0.2) is 8.78 Å². The summed E-state index contributed by atoms with van der Waals surface area (Å²) in [5.41, 5.74) is 0. The molecule has 0 fully saturated rings. The summed E-state index contributed by atoms with van der Waals surface area (Å²) in [6.45, 7) is 0. The second kappa shape index (κ2) is 3.42. The summed E-state index contributed by atoms with van der Waals surface area (Å²) < 4.78 is 60.0. The van der Waals surface area contributed by atoms with Gasteiger partial charge < -0.3 is 4.74 Å². The Kier molecular flexibility index (Phi) is 2.11.